The number of thiophene rings is 1. The molecule has 0 N–H and O–H groups in total. The summed E-state index contributed by atoms with van der Waals surface area (Å²) in [6.07, 6.45) is 1.24. The fourth-order valence-electron chi connectivity index (χ4n) is 2.01. The number of Topliss-reactive ketones (excluding diaryl/α,β-unsaturated/α-hetero) is 1. The Labute approximate surface area is 115 Å². The summed E-state index contributed by atoms with van der Waals surface area (Å²) in [6, 6.07) is 3.55. The van der Waals surface area contributed by atoms with Gasteiger partial charge in [0.2, 0.25) is 0 Å². The van der Waals surface area contributed by atoms with Gasteiger partial charge in [0.05, 0.1) is 14.9 Å². The number of hydrogen-bond donors (Lipinski definition) is 0. The second-order valence-electron chi connectivity index (χ2n) is 4.30. The minimum atomic E-state index is 0.148. The molecule has 0 bridgehead atoms. The zero-order valence-corrected chi connectivity index (χ0v) is 12.2. The second-order valence-corrected chi connectivity index (χ2v) is 6.01. The summed E-state index contributed by atoms with van der Waals surface area (Å²) < 4.78 is 2.52. The minimum Gasteiger partial charge on any atom is -0.293 e. The molecule has 2 rings (SSSR count). The van der Waals surface area contributed by atoms with Crippen molar-refractivity contribution in [3.05, 3.63) is 38.3 Å². The van der Waals surface area contributed by atoms with E-state index in [1.54, 1.807) is 12.1 Å². The van der Waals surface area contributed by atoms with Gasteiger partial charge in [0.1, 0.15) is 0 Å². The maximum absolute atomic E-state index is 12.0. The van der Waals surface area contributed by atoms with Crippen LogP contribution in [0.3, 0.4) is 0 Å². The van der Waals surface area contributed by atoms with Crippen LogP contribution in [0.1, 0.15) is 33.0 Å². The molecule has 0 fully saturated rings. The molecular weight excluding hydrogens is 268 g/mol. The van der Waals surface area contributed by atoms with Crippen molar-refractivity contribution in [3.63, 3.8) is 0 Å². The quantitative estimate of drug-likeness (QED) is 0.804. The first-order valence-corrected chi connectivity index (χ1v) is 6.96. The Hall–Kier alpha value is -1.13. The van der Waals surface area contributed by atoms with Crippen LogP contribution in [0, 0.1) is 13.8 Å². The summed E-state index contributed by atoms with van der Waals surface area (Å²) >= 11 is 7.17. The predicted molar refractivity (Wildman–Crippen MR) is 74.7 cm³/mol. The molecule has 0 radical (unpaired) electrons. The topological polar surface area (TPSA) is 34.9 Å². The van der Waals surface area contributed by atoms with Crippen molar-refractivity contribution >= 4 is 28.7 Å². The Balaban J connectivity index is 2.06. The number of hydrogen-bond acceptors (Lipinski definition) is 3. The van der Waals surface area contributed by atoms with E-state index >= 15 is 0 Å². The van der Waals surface area contributed by atoms with Gasteiger partial charge in [-0.05, 0) is 38.0 Å². The molecule has 0 aliphatic carbocycles. The van der Waals surface area contributed by atoms with Crippen molar-refractivity contribution in [1.29, 1.82) is 0 Å². The van der Waals surface area contributed by atoms with Crippen molar-refractivity contribution in [2.75, 3.05) is 0 Å². The van der Waals surface area contributed by atoms with E-state index in [0.29, 0.717) is 10.8 Å². The molecule has 2 aromatic heterocycles. The Morgan fingerprint density at radius 3 is 2.67 bits per heavy atom. The lowest BCUT2D eigenvalue weighted by Gasteiger charge is -2.01. The largest absolute Gasteiger partial charge is 0.293 e. The fraction of sp³-hybridized carbons (Fsp3) is 0.385. The van der Waals surface area contributed by atoms with Crippen molar-refractivity contribution in [1.82, 2.24) is 9.78 Å². The zero-order chi connectivity index (χ0) is 13.3. The normalized spacial score (nSPS) is 10.9. The third-order valence-corrected chi connectivity index (χ3v) is 4.38. The van der Waals surface area contributed by atoms with Gasteiger partial charge in [0.15, 0.2) is 5.78 Å². The van der Waals surface area contributed by atoms with E-state index in [2.05, 4.69) is 5.10 Å². The fourth-order valence-corrected chi connectivity index (χ4v) is 3.02. The standard InChI is InChI=1S/C13H15ClN2OS/c1-8-10(9(2)16(3)15-8)4-5-11(17)12-6-7-13(14)18-12/h6-7H,4-5H2,1-3H3. The second kappa shape index (κ2) is 5.24. The molecule has 0 saturated heterocycles. The molecule has 5 heteroatoms. The van der Waals surface area contributed by atoms with Crippen LogP contribution in [0.15, 0.2) is 12.1 Å². The molecule has 3 nitrogen and oxygen atoms in total. The van der Waals surface area contributed by atoms with Crippen molar-refractivity contribution in [2.45, 2.75) is 26.7 Å². The molecule has 0 unspecified atom stereocenters. The molecule has 96 valence electrons. The van der Waals surface area contributed by atoms with Crippen LogP contribution in [0.4, 0.5) is 0 Å². The van der Waals surface area contributed by atoms with E-state index in [0.717, 1.165) is 22.7 Å². The molecule has 2 heterocycles. The summed E-state index contributed by atoms with van der Waals surface area (Å²) in [5.74, 6) is 0.148. The van der Waals surface area contributed by atoms with E-state index in [4.69, 9.17) is 11.6 Å². The predicted octanol–water partition coefficient (Wildman–Crippen LogP) is 3.57. The molecule has 0 amide bonds. The highest BCUT2D eigenvalue weighted by Gasteiger charge is 2.13. The van der Waals surface area contributed by atoms with Gasteiger partial charge in [0.25, 0.3) is 0 Å². The van der Waals surface area contributed by atoms with Gasteiger partial charge < -0.3 is 0 Å². The van der Waals surface area contributed by atoms with Crippen molar-refractivity contribution in [2.24, 2.45) is 7.05 Å². The van der Waals surface area contributed by atoms with Crippen LogP contribution in [0.5, 0.6) is 0 Å². The van der Waals surface area contributed by atoms with Gasteiger partial charge in [-0.2, -0.15) is 5.10 Å². The van der Waals surface area contributed by atoms with Gasteiger partial charge in [-0.15, -0.1) is 11.3 Å². The third-order valence-electron chi connectivity index (χ3n) is 3.11. The van der Waals surface area contributed by atoms with Crippen molar-refractivity contribution < 1.29 is 4.79 Å². The highest BCUT2D eigenvalue weighted by molar-refractivity contribution is 7.18. The van der Waals surface area contributed by atoms with Crippen LogP contribution in [0.25, 0.3) is 0 Å². The number of carbonyl (C=O) groups is 1. The molecule has 0 aliphatic rings. The molecule has 2 aromatic rings. The van der Waals surface area contributed by atoms with Crippen LogP contribution in [-0.2, 0) is 13.5 Å². The third kappa shape index (κ3) is 2.65. The van der Waals surface area contributed by atoms with Gasteiger partial charge in [-0.25, -0.2) is 0 Å². The maximum Gasteiger partial charge on any atom is 0.173 e. The van der Waals surface area contributed by atoms with E-state index in [1.165, 1.54) is 16.9 Å². The molecule has 18 heavy (non-hydrogen) atoms. The van der Waals surface area contributed by atoms with Gasteiger partial charge >= 0.3 is 0 Å². The number of halogens is 1. The number of aryl methyl sites for hydroxylation is 2. The summed E-state index contributed by atoms with van der Waals surface area (Å²) in [6.45, 7) is 4.01. The summed E-state index contributed by atoms with van der Waals surface area (Å²) in [5, 5.41) is 4.35. The van der Waals surface area contributed by atoms with Crippen LogP contribution in [0.2, 0.25) is 4.34 Å². The summed E-state index contributed by atoms with van der Waals surface area (Å²) in [5.41, 5.74) is 3.31. The Bertz CT molecular complexity index is 586. The molecule has 0 aliphatic heterocycles. The summed E-state index contributed by atoms with van der Waals surface area (Å²) in [4.78, 5) is 12.7. The number of nitrogens with zero attached hydrogens (tertiary/aromatic N) is 2. The average Bonchev–Trinajstić information content (AvgIpc) is 2.83. The first-order valence-electron chi connectivity index (χ1n) is 5.76. The van der Waals surface area contributed by atoms with Crippen molar-refractivity contribution in [3.8, 4) is 0 Å². The Morgan fingerprint density at radius 2 is 2.17 bits per heavy atom. The SMILES string of the molecule is Cc1nn(C)c(C)c1CCC(=O)c1ccc(Cl)s1. The van der Waals surface area contributed by atoms with Crippen LogP contribution >= 0.6 is 22.9 Å². The number of carbonyl (C=O) groups excluding carboxylic acids is 1. The Kier molecular flexibility index (Phi) is 3.88. The van der Waals surface area contributed by atoms with Crippen LogP contribution < -0.4 is 0 Å². The number of rotatable bonds is 4. The first kappa shape index (κ1) is 13.3. The number of aromatic nitrogens is 2. The highest BCUT2D eigenvalue weighted by Crippen LogP contribution is 2.23. The van der Waals surface area contributed by atoms with Gasteiger partial charge in [0, 0.05) is 19.2 Å². The maximum atomic E-state index is 12.0. The van der Waals surface area contributed by atoms with E-state index < -0.39 is 0 Å². The monoisotopic (exact) mass is 282 g/mol. The Morgan fingerprint density at radius 1 is 1.44 bits per heavy atom. The van der Waals surface area contributed by atoms with Crippen LogP contribution in [-0.4, -0.2) is 15.6 Å². The summed E-state index contributed by atoms with van der Waals surface area (Å²) in [7, 11) is 1.92. The lowest BCUT2D eigenvalue weighted by molar-refractivity contribution is 0.0986. The minimum absolute atomic E-state index is 0.148. The lowest BCUT2D eigenvalue weighted by atomic mass is 10.1. The molecule has 0 saturated carbocycles. The number of ketones is 1. The molecule has 0 aromatic carbocycles. The van der Waals surface area contributed by atoms with E-state index in [1.807, 2.05) is 25.6 Å². The average molecular weight is 283 g/mol. The first-order chi connectivity index (χ1) is 8.49. The lowest BCUT2D eigenvalue weighted by Crippen LogP contribution is -2.00. The molecule has 0 atom stereocenters. The van der Waals surface area contributed by atoms with Gasteiger partial charge in [-0.3, -0.25) is 9.48 Å². The zero-order valence-electron chi connectivity index (χ0n) is 10.7. The van der Waals surface area contributed by atoms with E-state index in [9.17, 15) is 4.79 Å². The smallest absolute Gasteiger partial charge is 0.173 e. The molecule has 0 spiro atoms. The van der Waals surface area contributed by atoms with Gasteiger partial charge in [-0.1, -0.05) is 11.6 Å². The highest BCUT2D eigenvalue weighted by atomic mass is 35.5. The van der Waals surface area contributed by atoms with E-state index in [-0.39, 0.29) is 5.78 Å². The molecular formula is C13H15ClN2OS.